The predicted molar refractivity (Wildman–Crippen MR) is 77.7 cm³/mol. The summed E-state index contributed by atoms with van der Waals surface area (Å²) in [5.74, 6) is -1.47. The number of carbonyl (C=O) groups excluding carboxylic acids is 2. The van der Waals surface area contributed by atoms with Crippen LogP contribution in [0.5, 0.6) is 0 Å². The number of hydrogen-bond acceptors (Lipinski definition) is 3. The molecule has 1 aromatic heterocycles. The van der Waals surface area contributed by atoms with E-state index in [-0.39, 0.29) is 17.6 Å². The summed E-state index contributed by atoms with van der Waals surface area (Å²) in [6.45, 7) is 0.521. The highest BCUT2D eigenvalue weighted by atomic mass is 19.1. The number of carbonyl (C=O) groups is 2. The number of ketones is 1. The number of amides is 1. The summed E-state index contributed by atoms with van der Waals surface area (Å²) < 4.78 is 18.1. The molecule has 2 aromatic rings. The normalized spacial score (nSPS) is 18.2. The minimum Gasteiger partial charge on any atom is -0.461 e. The Morgan fingerprint density at radius 1 is 1.14 bits per heavy atom. The van der Waals surface area contributed by atoms with Gasteiger partial charge in [0.25, 0.3) is 11.7 Å². The number of piperidine rings is 1. The maximum Gasteiger partial charge on any atom is 0.298 e. The minimum atomic E-state index is -0.640. The number of halogens is 1. The summed E-state index contributed by atoms with van der Waals surface area (Å²) in [6.07, 6.45) is 3.96. The van der Waals surface area contributed by atoms with Gasteiger partial charge in [-0.15, -0.1) is 0 Å². The Morgan fingerprint density at radius 3 is 2.59 bits per heavy atom. The Labute approximate surface area is 127 Å². The minimum absolute atomic E-state index is 0.0495. The third-order valence-electron chi connectivity index (χ3n) is 3.96. The van der Waals surface area contributed by atoms with Crippen molar-refractivity contribution < 1.29 is 18.4 Å². The first-order chi connectivity index (χ1) is 10.7. The van der Waals surface area contributed by atoms with Crippen LogP contribution in [0, 0.1) is 5.82 Å². The predicted octanol–water partition coefficient (Wildman–Crippen LogP) is 3.36. The first kappa shape index (κ1) is 14.5. The van der Waals surface area contributed by atoms with Crippen molar-refractivity contribution in [2.45, 2.75) is 25.3 Å². The summed E-state index contributed by atoms with van der Waals surface area (Å²) in [6, 6.07) is 8.96. The van der Waals surface area contributed by atoms with Crippen molar-refractivity contribution in [3.63, 3.8) is 0 Å². The van der Waals surface area contributed by atoms with Crippen molar-refractivity contribution in [2.75, 3.05) is 6.54 Å². The summed E-state index contributed by atoms with van der Waals surface area (Å²) >= 11 is 0. The number of likely N-dealkylation sites (tertiary alicyclic amines) is 1. The molecule has 0 N–H and O–H groups in total. The second-order valence-corrected chi connectivity index (χ2v) is 5.37. The molecular weight excluding hydrogens is 285 g/mol. The van der Waals surface area contributed by atoms with Crippen LogP contribution in [0.4, 0.5) is 4.39 Å². The van der Waals surface area contributed by atoms with E-state index in [1.54, 1.807) is 23.1 Å². The van der Waals surface area contributed by atoms with Gasteiger partial charge in [-0.3, -0.25) is 9.59 Å². The van der Waals surface area contributed by atoms with Crippen LogP contribution in [0.3, 0.4) is 0 Å². The van der Waals surface area contributed by atoms with Crippen molar-refractivity contribution in [1.82, 2.24) is 4.90 Å². The van der Waals surface area contributed by atoms with E-state index in [0.717, 1.165) is 24.8 Å². The van der Waals surface area contributed by atoms with E-state index >= 15 is 0 Å². The molecule has 3 rings (SSSR count). The van der Waals surface area contributed by atoms with Gasteiger partial charge in [0.2, 0.25) is 0 Å². The van der Waals surface area contributed by atoms with Gasteiger partial charge in [0.1, 0.15) is 5.82 Å². The maximum atomic E-state index is 13.1. The molecule has 0 spiro atoms. The second kappa shape index (κ2) is 6.13. The van der Waals surface area contributed by atoms with Crippen molar-refractivity contribution in [3.05, 3.63) is 59.8 Å². The Morgan fingerprint density at radius 2 is 1.91 bits per heavy atom. The lowest BCUT2D eigenvalue weighted by molar-refractivity contribution is -0.130. The zero-order valence-corrected chi connectivity index (χ0v) is 12.0. The number of furan rings is 1. The van der Waals surface area contributed by atoms with Gasteiger partial charge in [-0.2, -0.15) is 0 Å². The van der Waals surface area contributed by atoms with E-state index in [2.05, 4.69) is 0 Å². The van der Waals surface area contributed by atoms with E-state index in [1.165, 1.54) is 24.5 Å². The molecule has 4 nitrogen and oxygen atoms in total. The molecule has 22 heavy (non-hydrogen) atoms. The highest BCUT2D eigenvalue weighted by Crippen LogP contribution is 2.31. The highest BCUT2D eigenvalue weighted by molar-refractivity contribution is 6.42. The standard InChI is InChI=1S/C17H16FNO3/c18-13-8-6-12(7-9-13)14-4-1-2-10-19(14)17(21)16(20)15-5-3-11-22-15/h3,5-9,11,14H,1-2,4,10H2/t14-/m0/s1. The van der Waals surface area contributed by atoms with Gasteiger partial charge in [0, 0.05) is 6.54 Å². The topological polar surface area (TPSA) is 50.5 Å². The lowest BCUT2D eigenvalue weighted by atomic mass is 9.94. The average Bonchev–Trinajstić information content (AvgIpc) is 3.09. The molecule has 0 bridgehead atoms. The van der Waals surface area contributed by atoms with Gasteiger partial charge in [0.15, 0.2) is 5.76 Å². The monoisotopic (exact) mass is 301 g/mol. The number of hydrogen-bond donors (Lipinski definition) is 0. The quantitative estimate of drug-likeness (QED) is 0.645. The number of Topliss-reactive ketones (excluding diaryl/α,β-unsaturated/α-hetero) is 1. The lowest BCUT2D eigenvalue weighted by Crippen LogP contribution is -2.42. The van der Waals surface area contributed by atoms with E-state index in [9.17, 15) is 14.0 Å². The molecule has 1 fully saturated rings. The van der Waals surface area contributed by atoms with Crippen LogP contribution >= 0.6 is 0 Å². The molecular formula is C17H16FNO3. The van der Waals surface area contributed by atoms with Crippen molar-refractivity contribution >= 4 is 11.7 Å². The third-order valence-corrected chi connectivity index (χ3v) is 3.96. The highest BCUT2D eigenvalue weighted by Gasteiger charge is 2.33. The molecule has 1 aliphatic rings. The molecule has 1 amide bonds. The largest absolute Gasteiger partial charge is 0.461 e. The Kier molecular flexibility index (Phi) is 4.04. The first-order valence-electron chi connectivity index (χ1n) is 7.31. The smallest absolute Gasteiger partial charge is 0.298 e. The van der Waals surface area contributed by atoms with Gasteiger partial charge in [-0.25, -0.2) is 4.39 Å². The second-order valence-electron chi connectivity index (χ2n) is 5.37. The summed E-state index contributed by atoms with van der Waals surface area (Å²) in [5.41, 5.74) is 0.849. The van der Waals surface area contributed by atoms with Crippen LogP contribution in [0.2, 0.25) is 0 Å². The van der Waals surface area contributed by atoms with Crippen LogP contribution in [-0.2, 0) is 4.79 Å². The van der Waals surface area contributed by atoms with Crippen LogP contribution < -0.4 is 0 Å². The van der Waals surface area contributed by atoms with Gasteiger partial charge in [-0.05, 0) is 49.1 Å². The summed E-state index contributed by atoms with van der Waals surface area (Å²) in [4.78, 5) is 26.3. The maximum absolute atomic E-state index is 13.1. The first-order valence-corrected chi connectivity index (χ1v) is 7.31. The van der Waals surface area contributed by atoms with Crippen molar-refractivity contribution in [3.8, 4) is 0 Å². The molecule has 1 saturated heterocycles. The van der Waals surface area contributed by atoms with E-state index in [1.807, 2.05) is 0 Å². The van der Waals surface area contributed by atoms with Crippen molar-refractivity contribution in [1.29, 1.82) is 0 Å². The molecule has 0 radical (unpaired) electrons. The summed E-state index contributed by atoms with van der Waals surface area (Å²) in [5, 5.41) is 0. The zero-order chi connectivity index (χ0) is 15.5. The zero-order valence-electron chi connectivity index (χ0n) is 12.0. The molecule has 0 aliphatic carbocycles. The molecule has 0 saturated carbocycles. The van der Waals surface area contributed by atoms with Crippen molar-refractivity contribution in [2.24, 2.45) is 0 Å². The Balaban J connectivity index is 1.84. The Bertz CT molecular complexity index is 664. The van der Waals surface area contributed by atoms with Gasteiger partial charge < -0.3 is 9.32 Å². The van der Waals surface area contributed by atoms with Gasteiger partial charge in [0.05, 0.1) is 12.3 Å². The van der Waals surface area contributed by atoms with Crippen LogP contribution in [0.1, 0.15) is 41.4 Å². The van der Waals surface area contributed by atoms with Gasteiger partial charge >= 0.3 is 0 Å². The molecule has 1 aliphatic heterocycles. The molecule has 114 valence electrons. The fourth-order valence-electron chi connectivity index (χ4n) is 2.85. The molecule has 1 atom stereocenters. The molecule has 1 aromatic carbocycles. The van der Waals surface area contributed by atoms with E-state index in [4.69, 9.17) is 4.42 Å². The van der Waals surface area contributed by atoms with E-state index < -0.39 is 11.7 Å². The fourth-order valence-corrected chi connectivity index (χ4v) is 2.85. The van der Waals surface area contributed by atoms with E-state index in [0.29, 0.717) is 6.54 Å². The number of nitrogens with zero attached hydrogens (tertiary/aromatic N) is 1. The number of rotatable bonds is 3. The van der Waals surface area contributed by atoms with Gasteiger partial charge in [-0.1, -0.05) is 12.1 Å². The summed E-state index contributed by atoms with van der Waals surface area (Å²) in [7, 11) is 0. The molecule has 5 heteroatoms. The number of benzene rings is 1. The SMILES string of the molecule is O=C(C(=O)N1CCCC[C@H]1c1ccc(F)cc1)c1ccco1. The molecule has 2 heterocycles. The fraction of sp³-hybridized carbons (Fsp3) is 0.294. The third kappa shape index (κ3) is 2.79. The molecule has 0 unspecified atom stereocenters. The Hall–Kier alpha value is -2.43. The lowest BCUT2D eigenvalue weighted by Gasteiger charge is -2.35. The van der Waals surface area contributed by atoms with Crippen LogP contribution in [0.25, 0.3) is 0 Å². The van der Waals surface area contributed by atoms with Crippen LogP contribution in [-0.4, -0.2) is 23.1 Å². The van der Waals surface area contributed by atoms with Crippen LogP contribution in [0.15, 0.2) is 47.1 Å². The average molecular weight is 301 g/mol.